The first-order valence-electron chi connectivity index (χ1n) is 14.9. The van der Waals surface area contributed by atoms with Gasteiger partial charge < -0.3 is 22.9 Å². The molecule has 4 aromatic rings. The average Bonchev–Trinajstić information content (AvgIpc) is 3.72. The summed E-state index contributed by atoms with van der Waals surface area (Å²) in [5.41, 5.74) is -0.200. The van der Waals surface area contributed by atoms with Gasteiger partial charge in [0.15, 0.2) is 29.2 Å². The molecule has 0 saturated carbocycles. The van der Waals surface area contributed by atoms with E-state index in [1.165, 1.54) is 10.8 Å². The lowest BCUT2D eigenvalue weighted by atomic mass is 10.1. The van der Waals surface area contributed by atoms with Crippen LogP contribution < -0.4 is 10.9 Å². The van der Waals surface area contributed by atoms with Gasteiger partial charge in [-0.3, -0.25) is 33.5 Å². The molecule has 2 N–H and O–H groups in total. The number of nitrogens with zero attached hydrogens (tertiary/aromatic N) is 7. The third kappa shape index (κ3) is 7.96. The van der Waals surface area contributed by atoms with Gasteiger partial charge in [-0.1, -0.05) is 37.7 Å². The standard InChI is InChI=1S/C26H29ClFN9O9P2S2/c1-13(2)23(38)34-26-33-22-19(24(39)35-26)31-12-37(22)25-20-18(28)16(45-25)10-44-48(50,41-6-3-4-29)42-7-5-36-17(11-43-47(40,49)46-20)32-15-8-14(27)9-30-21(15)36/h8-9,12-13,16,18,20,25H,3,5-7,10-11H2,1-2H3,(H,40,49)(H2,33,34,35,38,39)/t16-,18-,20-,25-,47?,48?/m1/s1. The summed E-state index contributed by atoms with van der Waals surface area (Å²) in [5.74, 6) is -0.840. The highest BCUT2D eigenvalue weighted by Crippen LogP contribution is 2.58. The zero-order valence-electron chi connectivity index (χ0n) is 26.2. The second-order valence-electron chi connectivity index (χ2n) is 11.2. The van der Waals surface area contributed by atoms with E-state index < -0.39 is 68.7 Å². The lowest BCUT2D eigenvalue weighted by Crippen LogP contribution is -2.32. The number of fused-ring (bicyclic) bond motifs is 6. The maximum Gasteiger partial charge on any atom is 0.387 e. The number of hydrogen-bond donors (Lipinski definition) is 3. The molecule has 0 spiro atoms. The Bertz CT molecular complexity index is 2130. The largest absolute Gasteiger partial charge is 0.387 e. The molecule has 18 nitrogen and oxygen atoms in total. The monoisotopic (exact) mass is 791 g/mol. The summed E-state index contributed by atoms with van der Waals surface area (Å²) in [7, 11) is 0. The SMILES string of the molecule is CC(C)C(=O)Nc1nc2c(ncn2[C@@H]2O[C@@H]3COP(=S)(OCCC#N)OCCn4c(nc5cc(Cl)cnc54)COP(=O)(S)O[C@@H]2[C@@H]3F)c(=O)[nH]1. The number of aromatic nitrogens is 7. The van der Waals surface area contributed by atoms with Gasteiger partial charge in [0.2, 0.25) is 11.9 Å². The Morgan fingerprint density at radius 3 is 2.88 bits per heavy atom. The molecule has 50 heavy (non-hydrogen) atoms. The van der Waals surface area contributed by atoms with Crippen molar-refractivity contribution in [1.29, 1.82) is 5.26 Å². The molecule has 1 amide bonds. The summed E-state index contributed by atoms with van der Waals surface area (Å²) in [5, 5.41) is 11.9. The Labute approximate surface area is 297 Å². The minimum absolute atomic E-state index is 0.0240. The quantitative estimate of drug-likeness (QED) is 0.142. The molecule has 2 aliphatic rings. The van der Waals surface area contributed by atoms with E-state index in [4.69, 9.17) is 56.0 Å². The summed E-state index contributed by atoms with van der Waals surface area (Å²) >= 11 is 15.9. The number of carbonyl (C=O) groups excluding carboxylic acids is 1. The first kappa shape index (κ1) is 36.9. The number of anilines is 1. The van der Waals surface area contributed by atoms with Crippen molar-refractivity contribution in [3.05, 3.63) is 39.8 Å². The number of carbonyl (C=O) groups is 1. The maximum atomic E-state index is 16.4. The van der Waals surface area contributed by atoms with Gasteiger partial charge in [0, 0.05) is 18.7 Å². The zero-order chi connectivity index (χ0) is 35.8. The normalized spacial score (nSPS) is 27.9. The Hall–Kier alpha value is -2.86. The number of aromatic amines is 1. The van der Waals surface area contributed by atoms with Crippen LogP contribution in [0.5, 0.6) is 0 Å². The van der Waals surface area contributed by atoms with Crippen molar-refractivity contribution in [2.75, 3.05) is 25.1 Å². The first-order chi connectivity index (χ1) is 23.8. The fourth-order valence-corrected chi connectivity index (χ4v) is 8.35. The topological polar surface area (TPSA) is 220 Å². The number of rotatable bonds is 6. The van der Waals surface area contributed by atoms with E-state index in [-0.39, 0.29) is 49.1 Å². The number of ether oxygens (including phenoxy) is 1. The van der Waals surface area contributed by atoms with Gasteiger partial charge in [-0.2, -0.15) is 10.2 Å². The van der Waals surface area contributed by atoms with Crippen molar-refractivity contribution >= 4 is 83.4 Å². The predicted molar refractivity (Wildman–Crippen MR) is 182 cm³/mol. The van der Waals surface area contributed by atoms with Gasteiger partial charge in [-0.15, -0.1) is 0 Å². The number of H-pyrrole nitrogens is 1. The van der Waals surface area contributed by atoms with Crippen LogP contribution >= 0.6 is 37.4 Å². The summed E-state index contributed by atoms with van der Waals surface area (Å²) in [6.45, 7) is -5.83. The highest BCUT2D eigenvalue weighted by atomic mass is 35.5. The van der Waals surface area contributed by atoms with Crippen LogP contribution in [0.4, 0.5) is 10.3 Å². The molecule has 268 valence electrons. The van der Waals surface area contributed by atoms with Gasteiger partial charge in [0.1, 0.15) is 30.2 Å². The van der Waals surface area contributed by atoms with Crippen molar-refractivity contribution < 1.29 is 41.1 Å². The van der Waals surface area contributed by atoms with Crippen molar-refractivity contribution in [1.82, 2.24) is 34.1 Å². The molecule has 2 unspecified atom stereocenters. The second-order valence-corrected chi connectivity index (χ2v) is 17.5. The molecule has 6 atom stereocenters. The van der Waals surface area contributed by atoms with E-state index in [0.717, 1.165) is 6.33 Å². The average molecular weight is 792 g/mol. The number of hydrogen-bond acceptors (Lipinski definition) is 15. The summed E-state index contributed by atoms with van der Waals surface area (Å²) in [6, 6.07) is 3.51. The minimum atomic E-state index is -4.40. The molecule has 24 heteroatoms. The van der Waals surface area contributed by atoms with E-state index in [1.807, 2.05) is 6.07 Å². The van der Waals surface area contributed by atoms with E-state index >= 15 is 4.39 Å². The molecule has 6 heterocycles. The number of thiol groups is 1. The lowest BCUT2D eigenvalue weighted by Gasteiger charge is -2.24. The van der Waals surface area contributed by atoms with Gasteiger partial charge in [0.05, 0.1) is 43.7 Å². The van der Waals surface area contributed by atoms with Crippen LogP contribution in [0.15, 0.2) is 23.4 Å². The van der Waals surface area contributed by atoms with E-state index in [2.05, 4.69) is 42.5 Å². The molecule has 1 fully saturated rings. The summed E-state index contributed by atoms with van der Waals surface area (Å²) in [4.78, 5) is 44.9. The van der Waals surface area contributed by atoms with E-state index in [9.17, 15) is 14.2 Å². The van der Waals surface area contributed by atoms with Crippen molar-refractivity contribution in [2.24, 2.45) is 5.92 Å². The second kappa shape index (κ2) is 15.0. The molecule has 4 aromatic heterocycles. The number of pyridine rings is 1. The molecule has 2 bridgehead atoms. The molecule has 0 aromatic carbocycles. The highest BCUT2D eigenvalue weighted by Gasteiger charge is 2.51. The minimum Gasteiger partial charge on any atom is -0.346 e. The number of nitrogens with one attached hydrogen (secondary N) is 2. The zero-order valence-corrected chi connectivity index (χ0v) is 30.4. The van der Waals surface area contributed by atoms with E-state index in [0.29, 0.717) is 16.2 Å². The third-order valence-corrected chi connectivity index (χ3v) is 11.6. The van der Waals surface area contributed by atoms with Gasteiger partial charge in [-0.05, 0) is 17.9 Å². The molecule has 1 saturated heterocycles. The Kier molecular flexibility index (Phi) is 11.1. The highest BCUT2D eigenvalue weighted by molar-refractivity contribution is 8.44. The number of halogens is 2. The predicted octanol–water partition coefficient (Wildman–Crippen LogP) is 4.19. The van der Waals surface area contributed by atoms with Crippen molar-refractivity contribution in [3.63, 3.8) is 0 Å². The summed E-state index contributed by atoms with van der Waals surface area (Å²) < 4.78 is 67.7. The third-order valence-electron chi connectivity index (χ3n) is 7.40. The molecule has 6 rings (SSSR count). The van der Waals surface area contributed by atoms with Crippen LogP contribution in [0.2, 0.25) is 5.02 Å². The first-order valence-corrected chi connectivity index (χ1v) is 20.5. The Balaban J connectivity index is 1.38. The fourth-order valence-electron chi connectivity index (χ4n) is 5.02. The smallest absolute Gasteiger partial charge is 0.346 e. The van der Waals surface area contributed by atoms with Crippen LogP contribution in [-0.2, 0) is 61.7 Å². The van der Waals surface area contributed by atoms with Crippen LogP contribution in [0.3, 0.4) is 0 Å². The fraction of sp³-hybridized carbons (Fsp3) is 0.500. The Morgan fingerprint density at radius 2 is 2.12 bits per heavy atom. The van der Waals surface area contributed by atoms with Gasteiger partial charge >= 0.3 is 13.5 Å². The van der Waals surface area contributed by atoms with Crippen molar-refractivity contribution in [3.8, 4) is 6.07 Å². The van der Waals surface area contributed by atoms with Gasteiger partial charge in [0.25, 0.3) is 5.56 Å². The number of imidazole rings is 2. The van der Waals surface area contributed by atoms with E-state index in [1.54, 1.807) is 24.5 Å². The molecule has 2 aliphatic heterocycles. The summed E-state index contributed by atoms with van der Waals surface area (Å²) in [6.07, 6.45) is -4.12. The van der Waals surface area contributed by atoms with Crippen LogP contribution in [0.1, 0.15) is 32.3 Å². The van der Waals surface area contributed by atoms with Crippen LogP contribution in [0, 0.1) is 17.2 Å². The van der Waals surface area contributed by atoms with Crippen LogP contribution in [0.25, 0.3) is 22.3 Å². The van der Waals surface area contributed by atoms with Crippen molar-refractivity contribution in [2.45, 2.75) is 58.0 Å². The number of amides is 1. The maximum absolute atomic E-state index is 16.4. The van der Waals surface area contributed by atoms with Crippen LogP contribution in [-0.4, -0.2) is 78.2 Å². The molecular weight excluding hydrogens is 763 g/mol. The molecular formula is C26H29ClFN9O9P2S2. The van der Waals surface area contributed by atoms with Gasteiger partial charge in [-0.25, -0.2) is 23.9 Å². The molecule has 0 radical (unpaired) electrons. The Morgan fingerprint density at radius 1 is 1.32 bits per heavy atom. The number of nitriles is 1. The molecule has 0 aliphatic carbocycles. The number of alkyl halides is 1. The lowest BCUT2D eigenvalue weighted by molar-refractivity contribution is -0.118.